The van der Waals surface area contributed by atoms with Crippen molar-refractivity contribution in [1.29, 1.82) is 0 Å². The van der Waals surface area contributed by atoms with E-state index in [9.17, 15) is 4.79 Å². The Morgan fingerprint density at radius 3 is 2.59 bits per heavy atom. The molecule has 1 amide bonds. The summed E-state index contributed by atoms with van der Waals surface area (Å²) in [6.45, 7) is 3.33. The summed E-state index contributed by atoms with van der Waals surface area (Å²) in [5.74, 6) is 0.122. The summed E-state index contributed by atoms with van der Waals surface area (Å²) in [7, 11) is 0. The van der Waals surface area contributed by atoms with Gasteiger partial charge in [0.05, 0.1) is 6.54 Å². The zero-order valence-electron chi connectivity index (χ0n) is 13.2. The van der Waals surface area contributed by atoms with Gasteiger partial charge in [0.25, 0.3) is 0 Å². The number of amides is 1. The quantitative estimate of drug-likeness (QED) is 0.827. The van der Waals surface area contributed by atoms with Crippen LogP contribution in [0.4, 0.5) is 0 Å². The van der Waals surface area contributed by atoms with Crippen molar-refractivity contribution < 1.29 is 4.79 Å². The summed E-state index contributed by atoms with van der Waals surface area (Å²) in [4.78, 5) is 12.2. The van der Waals surface area contributed by atoms with Crippen LogP contribution in [-0.4, -0.2) is 28.3 Å². The van der Waals surface area contributed by atoms with Crippen LogP contribution in [-0.2, 0) is 11.3 Å². The van der Waals surface area contributed by atoms with Gasteiger partial charge in [-0.1, -0.05) is 19.3 Å². The molecule has 1 aromatic heterocycles. The molecule has 0 bridgehead atoms. The van der Waals surface area contributed by atoms with Gasteiger partial charge in [0, 0.05) is 24.9 Å². The summed E-state index contributed by atoms with van der Waals surface area (Å²) >= 11 is 0. The zero-order chi connectivity index (χ0) is 14.4. The highest BCUT2D eigenvalue weighted by Gasteiger charge is 2.33. The van der Waals surface area contributed by atoms with Crippen molar-refractivity contribution >= 4 is 30.7 Å². The van der Waals surface area contributed by atoms with Crippen LogP contribution in [0.25, 0.3) is 0 Å². The third kappa shape index (κ3) is 6.15. The van der Waals surface area contributed by atoms with Gasteiger partial charge in [-0.15, -0.1) is 24.8 Å². The molecule has 0 aliphatic heterocycles. The van der Waals surface area contributed by atoms with E-state index in [1.165, 1.54) is 19.3 Å². The fraction of sp³-hybridized carbons (Fsp3) is 0.733. The number of carbonyl (C=O) groups excluding carboxylic acids is 1. The third-order valence-corrected chi connectivity index (χ3v) is 4.31. The summed E-state index contributed by atoms with van der Waals surface area (Å²) in [5, 5.41) is 7.22. The standard InChI is InChI=1S/C15H26N4O.2ClH/c1-13(11-19-9-5-8-17-19)18-14(20)10-15(12-16)6-3-2-4-7-15;;/h5,8-9,13H,2-4,6-7,10-12,16H2,1H3,(H,18,20);2*1H. The number of nitrogens with zero attached hydrogens (tertiary/aromatic N) is 2. The zero-order valence-corrected chi connectivity index (χ0v) is 14.8. The maximum absolute atomic E-state index is 12.2. The second kappa shape index (κ2) is 10.1. The number of carbonyl (C=O) groups is 1. The molecule has 0 saturated heterocycles. The Balaban J connectivity index is 0.00000220. The van der Waals surface area contributed by atoms with E-state index >= 15 is 0 Å². The molecule has 1 heterocycles. The minimum Gasteiger partial charge on any atom is -0.352 e. The van der Waals surface area contributed by atoms with Crippen molar-refractivity contribution in [1.82, 2.24) is 15.1 Å². The van der Waals surface area contributed by atoms with Crippen molar-refractivity contribution in [2.45, 2.75) is 58.0 Å². The largest absolute Gasteiger partial charge is 0.352 e. The van der Waals surface area contributed by atoms with Crippen LogP contribution in [0, 0.1) is 5.41 Å². The van der Waals surface area contributed by atoms with Crippen LogP contribution in [0.1, 0.15) is 45.4 Å². The Labute approximate surface area is 145 Å². The van der Waals surface area contributed by atoms with Crippen molar-refractivity contribution in [3.63, 3.8) is 0 Å². The minimum atomic E-state index is 0. The van der Waals surface area contributed by atoms with E-state index in [0.29, 0.717) is 19.5 Å². The normalized spacial score (nSPS) is 17.7. The molecule has 1 atom stereocenters. The van der Waals surface area contributed by atoms with Crippen LogP contribution in [0.15, 0.2) is 18.5 Å². The van der Waals surface area contributed by atoms with Crippen molar-refractivity contribution in [2.24, 2.45) is 11.1 Å². The predicted molar refractivity (Wildman–Crippen MR) is 93.5 cm³/mol. The summed E-state index contributed by atoms with van der Waals surface area (Å²) < 4.78 is 1.84. The highest BCUT2D eigenvalue weighted by Crippen LogP contribution is 2.38. The van der Waals surface area contributed by atoms with E-state index in [1.807, 2.05) is 23.9 Å². The first kappa shape index (κ1) is 21.2. The second-order valence-corrected chi connectivity index (χ2v) is 6.14. The maximum atomic E-state index is 12.2. The Hall–Kier alpha value is -0.780. The number of nitrogens with one attached hydrogen (secondary N) is 1. The Kier molecular flexibility index (Phi) is 9.72. The molecule has 3 N–H and O–H groups in total. The van der Waals surface area contributed by atoms with E-state index in [0.717, 1.165) is 12.8 Å². The lowest BCUT2D eigenvalue weighted by atomic mass is 9.71. The lowest BCUT2D eigenvalue weighted by Crippen LogP contribution is -2.42. The molecule has 2 rings (SSSR count). The monoisotopic (exact) mass is 350 g/mol. The first-order valence-corrected chi connectivity index (χ1v) is 7.60. The lowest BCUT2D eigenvalue weighted by molar-refractivity contribution is -0.124. The molecule has 1 unspecified atom stereocenters. The Morgan fingerprint density at radius 1 is 1.36 bits per heavy atom. The average Bonchev–Trinajstić information content (AvgIpc) is 2.92. The number of halogens is 2. The third-order valence-electron chi connectivity index (χ3n) is 4.31. The molecule has 1 saturated carbocycles. The number of rotatable bonds is 6. The summed E-state index contributed by atoms with van der Waals surface area (Å²) in [6, 6.07) is 1.97. The molecule has 7 heteroatoms. The van der Waals surface area contributed by atoms with Gasteiger partial charge < -0.3 is 11.1 Å². The fourth-order valence-electron chi connectivity index (χ4n) is 3.16. The highest BCUT2D eigenvalue weighted by molar-refractivity contribution is 5.85. The van der Waals surface area contributed by atoms with E-state index < -0.39 is 0 Å². The first-order valence-electron chi connectivity index (χ1n) is 7.60. The first-order chi connectivity index (χ1) is 9.63. The topological polar surface area (TPSA) is 72.9 Å². The molecule has 22 heavy (non-hydrogen) atoms. The van der Waals surface area contributed by atoms with E-state index in [-0.39, 0.29) is 42.2 Å². The minimum absolute atomic E-state index is 0. The second-order valence-electron chi connectivity index (χ2n) is 6.14. The van der Waals surface area contributed by atoms with Crippen LogP contribution in [0.3, 0.4) is 0 Å². The maximum Gasteiger partial charge on any atom is 0.220 e. The fourth-order valence-corrected chi connectivity index (χ4v) is 3.16. The number of aromatic nitrogens is 2. The Bertz CT molecular complexity index is 419. The molecule has 128 valence electrons. The van der Waals surface area contributed by atoms with Gasteiger partial charge in [-0.25, -0.2) is 0 Å². The molecular weight excluding hydrogens is 323 g/mol. The smallest absolute Gasteiger partial charge is 0.220 e. The van der Waals surface area contributed by atoms with Crippen molar-refractivity contribution in [2.75, 3.05) is 6.54 Å². The van der Waals surface area contributed by atoms with Crippen molar-refractivity contribution in [3.05, 3.63) is 18.5 Å². The summed E-state index contributed by atoms with van der Waals surface area (Å²) in [6.07, 6.45) is 10.1. The van der Waals surface area contributed by atoms with Gasteiger partial charge in [-0.3, -0.25) is 9.48 Å². The number of nitrogens with two attached hydrogens (primary N) is 1. The van der Waals surface area contributed by atoms with Crippen molar-refractivity contribution in [3.8, 4) is 0 Å². The van der Waals surface area contributed by atoms with Gasteiger partial charge >= 0.3 is 0 Å². The predicted octanol–water partition coefficient (Wildman–Crippen LogP) is 2.53. The van der Waals surface area contributed by atoms with E-state index in [2.05, 4.69) is 10.4 Å². The molecule has 1 aliphatic carbocycles. The van der Waals surface area contributed by atoms with Crippen LogP contribution in [0.2, 0.25) is 0 Å². The molecule has 1 aliphatic rings. The molecule has 5 nitrogen and oxygen atoms in total. The Morgan fingerprint density at radius 2 is 2.05 bits per heavy atom. The molecular formula is C15H28Cl2N4O. The lowest BCUT2D eigenvalue weighted by Gasteiger charge is -2.36. The molecule has 1 aromatic rings. The van der Waals surface area contributed by atoms with Gasteiger partial charge in [-0.2, -0.15) is 5.10 Å². The van der Waals surface area contributed by atoms with E-state index in [1.54, 1.807) is 6.20 Å². The SMILES string of the molecule is CC(Cn1cccn1)NC(=O)CC1(CN)CCCCC1.Cl.Cl. The summed E-state index contributed by atoms with van der Waals surface area (Å²) in [5.41, 5.74) is 5.97. The average molecular weight is 351 g/mol. The van der Waals surface area contributed by atoms with Gasteiger partial charge in [0.1, 0.15) is 0 Å². The molecule has 0 spiro atoms. The van der Waals surface area contributed by atoms with E-state index in [4.69, 9.17) is 5.73 Å². The highest BCUT2D eigenvalue weighted by atomic mass is 35.5. The molecule has 0 aromatic carbocycles. The van der Waals surface area contributed by atoms with Crippen LogP contribution >= 0.6 is 24.8 Å². The van der Waals surface area contributed by atoms with Crippen LogP contribution < -0.4 is 11.1 Å². The molecule has 1 fully saturated rings. The number of hydrogen-bond donors (Lipinski definition) is 2. The number of hydrogen-bond acceptors (Lipinski definition) is 3. The van der Waals surface area contributed by atoms with Gasteiger partial charge in [-0.05, 0) is 37.8 Å². The van der Waals surface area contributed by atoms with Gasteiger partial charge in [0.2, 0.25) is 5.91 Å². The van der Waals surface area contributed by atoms with Gasteiger partial charge in [0.15, 0.2) is 0 Å². The van der Waals surface area contributed by atoms with Crippen LogP contribution in [0.5, 0.6) is 0 Å². The molecule has 0 radical (unpaired) electrons.